The standard InChI is InChI=1S/C17H22O3/c1-9(18)14-7-13-6-12(14)8-15(13)17(19)20-16-5-10-2-3-11(16)4-10/h2-3,7,9-13,15-16,18H,4-6,8H2,1H3. The van der Waals surface area contributed by atoms with Crippen LogP contribution in [0.1, 0.15) is 32.6 Å². The minimum atomic E-state index is -0.363. The quantitative estimate of drug-likeness (QED) is 0.635. The largest absolute Gasteiger partial charge is 0.461 e. The molecular weight excluding hydrogens is 252 g/mol. The second-order valence-corrected chi connectivity index (χ2v) is 7.04. The summed E-state index contributed by atoms with van der Waals surface area (Å²) < 4.78 is 5.80. The Morgan fingerprint density at radius 3 is 2.65 bits per heavy atom. The normalized spacial score (nSPS) is 45.8. The number of carbonyl (C=O) groups excluding carboxylic acids is 1. The molecule has 0 aromatic heterocycles. The molecule has 3 heteroatoms. The van der Waals surface area contributed by atoms with Crippen LogP contribution in [0.4, 0.5) is 0 Å². The van der Waals surface area contributed by atoms with Gasteiger partial charge in [-0.05, 0) is 55.9 Å². The maximum Gasteiger partial charge on any atom is 0.309 e. The Labute approximate surface area is 119 Å². The number of rotatable bonds is 3. The number of esters is 1. The molecule has 1 N–H and O–H groups in total. The topological polar surface area (TPSA) is 46.5 Å². The lowest BCUT2D eigenvalue weighted by Gasteiger charge is -2.25. The number of aliphatic hydroxyl groups excluding tert-OH is 1. The van der Waals surface area contributed by atoms with Crippen LogP contribution in [0.15, 0.2) is 23.8 Å². The third-order valence-corrected chi connectivity index (χ3v) is 5.76. The highest BCUT2D eigenvalue weighted by atomic mass is 16.5. The summed E-state index contributed by atoms with van der Waals surface area (Å²) >= 11 is 0. The van der Waals surface area contributed by atoms with E-state index in [1.807, 2.05) is 6.92 Å². The molecule has 0 saturated heterocycles. The van der Waals surface area contributed by atoms with Crippen LogP contribution in [0, 0.1) is 29.6 Å². The smallest absolute Gasteiger partial charge is 0.309 e. The van der Waals surface area contributed by atoms with Crippen LogP contribution in [0.25, 0.3) is 0 Å². The molecule has 4 aliphatic rings. The van der Waals surface area contributed by atoms with Gasteiger partial charge in [0.1, 0.15) is 6.10 Å². The zero-order chi connectivity index (χ0) is 13.9. The summed E-state index contributed by atoms with van der Waals surface area (Å²) in [7, 11) is 0. The maximum atomic E-state index is 12.4. The van der Waals surface area contributed by atoms with Gasteiger partial charge in [-0.2, -0.15) is 0 Å². The number of fused-ring (bicyclic) bond motifs is 4. The highest BCUT2D eigenvalue weighted by Gasteiger charge is 2.47. The summed E-state index contributed by atoms with van der Waals surface area (Å²) in [5, 5.41) is 9.71. The van der Waals surface area contributed by atoms with Crippen molar-refractivity contribution >= 4 is 5.97 Å². The summed E-state index contributed by atoms with van der Waals surface area (Å²) in [5.74, 6) is 1.84. The summed E-state index contributed by atoms with van der Waals surface area (Å²) in [6.45, 7) is 1.82. The summed E-state index contributed by atoms with van der Waals surface area (Å²) in [4.78, 5) is 12.4. The first kappa shape index (κ1) is 12.6. The Bertz CT molecular complexity index is 490. The maximum absolute atomic E-state index is 12.4. The van der Waals surface area contributed by atoms with E-state index in [0.717, 1.165) is 24.8 Å². The molecule has 0 aromatic rings. The Balaban J connectivity index is 1.40. The lowest BCUT2D eigenvalue weighted by molar-refractivity contribution is -0.156. The van der Waals surface area contributed by atoms with Crippen LogP contribution in [-0.4, -0.2) is 23.3 Å². The molecule has 2 saturated carbocycles. The fourth-order valence-corrected chi connectivity index (χ4v) is 4.76. The third-order valence-electron chi connectivity index (χ3n) is 5.76. The van der Waals surface area contributed by atoms with Gasteiger partial charge < -0.3 is 9.84 Å². The van der Waals surface area contributed by atoms with Crippen molar-refractivity contribution in [2.45, 2.75) is 44.8 Å². The monoisotopic (exact) mass is 274 g/mol. The number of hydrogen-bond acceptors (Lipinski definition) is 3. The molecule has 7 unspecified atom stereocenters. The first-order valence-electron chi connectivity index (χ1n) is 7.90. The number of ether oxygens (including phenoxy) is 1. The number of hydrogen-bond donors (Lipinski definition) is 1. The fraction of sp³-hybridized carbons (Fsp3) is 0.706. The van der Waals surface area contributed by atoms with Crippen LogP contribution >= 0.6 is 0 Å². The van der Waals surface area contributed by atoms with Gasteiger partial charge >= 0.3 is 5.97 Å². The van der Waals surface area contributed by atoms with Crippen LogP contribution in [0.5, 0.6) is 0 Å². The first-order valence-corrected chi connectivity index (χ1v) is 7.90. The van der Waals surface area contributed by atoms with Crippen LogP contribution in [0.2, 0.25) is 0 Å². The molecule has 108 valence electrons. The molecule has 0 heterocycles. The molecule has 3 nitrogen and oxygen atoms in total. The number of allylic oxidation sites excluding steroid dienone is 2. The molecular formula is C17H22O3. The van der Waals surface area contributed by atoms with Crippen molar-refractivity contribution in [2.75, 3.05) is 0 Å². The van der Waals surface area contributed by atoms with Crippen molar-refractivity contribution in [3.63, 3.8) is 0 Å². The molecule has 20 heavy (non-hydrogen) atoms. The van der Waals surface area contributed by atoms with E-state index in [2.05, 4.69) is 18.2 Å². The number of aliphatic hydroxyl groups is 1. The van der Waals surface area contributed by atoms with Crippen molar-refractivity contribution < 1.29 is 14.6 Å². The predicted octanol–water partition coefficient (Wildman–Crippen LogP) is 2.46. The lowest BCUT2D eigenvalue weighted by atomic mass is 9.87. The number of carbonyl (C=O) groups is 1. The van der Waals surface area contributed by atoms with Crippen molar-refractivity contribution in [1.29, 1.82) is 0 Å². The SMILES string of the molecule is CC(O)C1=CC2CC1CC2C(=O)OC1CC2C=CC1C2. The van der Waals surface area contributed by atoms with Crippen molar-refractivity contribution in [1.82, 2.24) is 0 Å². The van der Waals surface area contributed by atoms with Gasteiger partial charge in [0, 0.05) is 5.92 Å². The van der Waals surface area contributed by atoms with E-state index in [4.69, 9.17) is 4.74 Å². The molecule has 0 spiro atoms. The predicted molar refractivity (Wildman–Crippen MR) is 74.7 cm³/mol. The molecule has 0 amide bonds. The second kappa shape index (κ2) is 4.45. The molecule has 4 bridgehead atoms. The summed E-state index contributed by atoms with van der Waals surface area (Å²) in [6.07, 6.45) is 10.5. The van der Waals surface area contributed by atoms with Gasteiger partial charge in [-0.3, -0.25) is 4.79 Å². The summed E-state index contributed by atoms with van der Waals surface area (Å²) in [5.41, 5.74) is 1.14. The first-order chi connectivity index (χ1) is 9.61. The van der Waals surface area contributed by atoms with E-state index in [9.17, 15) is 9.90 Å². The minimum absolute atomic E-state index is 0.00402. The van der Waals surface area contributed by atoms with Gasteiger partial charge in [0.05, 0.1) is 12.0 Å². The van der Waals surface area contributed by atoms with E-state index in [1.165, 1.54) is 6.42 Å². The zero-order valence-corrected chi connectivity index (χ0v) is 11.9. The van der Waals surface area contributed by atoms with Gasteiger partial charge in [-0.15, -0.1) is 0 Å². The van der Waals surface area contributed by atoms with Gasteiger partial charge in [-0.25, -0.2) is 0 Å². The molecule has 2 fully saturated rings. The van der Waals surface area contributed by atoms with Gasteiger partial charge in [0.2, 0.25) is 0 Å². The fourth-order valence-electron chi connectivity index (χ4n) is 4.76. The van der Waals surface area contributed by atoms with Crippen LogP contribution in [-0.2, 0) is 9.53 Å². The minimum Gasteiger partial charge on any atom is -0.461 e. The van der Waals surface area contributed by atoms with Gasteiger partial charge in [0.25, 0.3) is 0 Å². The van der Waals surface area contributed by atoms with E-state index >= 15 is 0 Å². The van der Waals surface area contributed by atoms with E-state index in [1.54, 1.807) is 0 Å². The molecule has 0 aliphatic heterocycles. The molecule has 0 aromatic carbocycles. The van der Waals surface area contributed by atoms with E-state index in [0.29, 0.717) is 23.7 Å². The Kier molecular flexibility index (Phi) is 2.81. The average molecular weight is 274 g/mol. The van der Waals surface area contributed by atoms with Crippen LogP contribution < -0.4 is 0 Å². The van der Waals surface area contributed by atoms with E-state index < -0.39 is 0 Å². The van der Waals surface area contributed by atoms with Crippen LogP contribution in [0.3, 0.4) is 0 Å². The van der Waals surface area contributed by atoms with Crippen molar-refractivity contribution in [3.05, 3.63) is 23.8 Å². The zero-order valence-electron chi connectivity index (χ0n) is 11.9. The Morgan fingerprint density at radius 1 is 1.25 bits per heavy atom. The Morgan fingerprint density at radius 2 is 2.10 bits per heavy atom. The second-order valence-electron chi connectivity index (χ2n) is 7.04. The molecule has 7 atom stereocenters. The highest BCUT2D eigenvalue weighted by molar-refractivity contribution is 5.74. The summed E-state index contributed by atoms with van der Waals surface area (Å²) in [6, 6.07) is 0. The van der Waals surface area contributed by atoms with Crippen molar-refractivity contribution in [2.24, 2.45) is 29.6 Å². The molecule has 4 aliphatic carbocycles. The van der Waals surface area contributed by atoms with Gasteiger partial charge in [0.15, 0.2) is 0 Å². The molecule has 4 rings (SSSR count). The highest BCUT2D eigenvalue weighted by Crippen LogP contribution is 2.49. The third kappa shape index (κ3) is 1.86. The van der Waals surface area contributed by atoms with E-state index in [-0.39, 0.29) is 24.1 Å². The molecule has 0 radical (unpaired) electrons. The van der Waals surface area contributed by atoms with Crippen molar-refractivity contribution in [3.8, 4) is 0 Å². The Hall–Kier alpha value is -1.09. The lowest BCUT2D eigenvalue weighted by Crippen LogP contribution is -2.29. The van der Waals surface area contributed by atoms with Gasteiger partial charge in [-0.1, -0.05) is 18.2 Å². The average Bonchev–Trinajstić information content (AvgIpc) is 3.17.